The van der Waals surface area contributed by atoms with Crippen LogP contribution < -0.4 is 19.5 Å². The van der Waals surface area contributed by atoms with Crippen LogP contribution in [0, 0.1) is 0 Å². The Bertz CT molecular complexity index is 1040. The molecule has 1 amide bonds. The van der Waals surface area contributed by atoms with Gasteiger partial charge in [0.2, 0.25) is 10.0 Å². The van der Waals surface area contributed by atoms with Crippen LogP contribution in [0.1, 0.15) is 0 Å². The Balaban J connectivity index is 1.74. The summed E-state index contributed by atoms with van der Waals surface area (Å²) in [5, 5.41) is 2.91. The van der Waals surface area contributed by atoms with Crippen LogP contribution in [0.15, 0.2) is 41.3 Å². The predicted molar refractivity (Wildman–Crippen MR) is 115 cm³/mol. The number of methoxy groups -OCH3 is 2. The van der Waals surface area contributed by atoms with E-state index in [1.807, 2.05) is 0 Å². The minimum absolute atomic E-state index is 0.0349. The van der Waals surface area contributed by atoms with Gasteiger partial charge in [-0.1, -0.05) is 11.6 Å². The van der Waals surface area contributed by atoms with Crippen molar-refractivity contribution in [2.75, 3.05) is 52.4 Å². The van der Waals surface area contributed by atoms with E-state index >= 15 is 0 Å². The summed E-state index contributed by atoms with van der Waals surface area (Å²) in [6.45, 7) is 0.657. The van der Waals surface area contributed by atoms with Crippen LogP contribution >= 0.6 is 11.6 Å². The van der Waals surface area contributed by atoms with Gasteiger partial charge in [-0.3, -0.25) is 4.79 Å². The van der Waals surface area contributed by atoms with E-state index in [0.717, 1.165) is 0 Å². The lowest BCUT2D eigenvalue weighted by atomic mass is 10.2. The van der Waals surface area contributed by atoms with Gasteiger partial charge in [0.15, 0.2) is 6.61 Å². The fraction of sp³-hybridized carbons (Fsp3) is 0.350. The maximum atomic E-state index is 13.0. The first-order chi connectivity index (χ1) is 14.8. The zero-order valence-electron chi connectivity index (χ0n) is 17.1. The van der Waals surface area contributed by atoms with Gasteiger partial charge in [-0.15, -0.1) is 0 Å². The molecule has 2 aromatic carbocycles. The number of morpholine rings is 1. The lowest BCUT2D eigenvalue weighted by Gasteiger charge is -2.26. The summed E-state index contributed by atoms with van der Waals surface area (Å²) in [6, 6.07) is 9.17. The fourth-order valence-electron chi connectivity index (χ4n) is 2.96. The zero-order valence-corrected chi connectivity index (χ0v) is 18.7. The highest BCUT2D eigenvalue weighted by molar-refractivity contribution is 7.89. The van der Waals surface area contributed by atoms with Crippen LogP contribution in [-0.4, -0.2) is 65.8 Å². The molecular formula is C20H23ClN2O7S. The van der Waals surface area contributed by atoms with Gasteiger partial charge in [0.1, 0.15) is 22.1 Å². The van der Waals surface area contributed by atoms with Crippen LogP contribution in [-0.2, 0) is 19.6 Å². The number of carbonyl (C=O) groups is 1. The molecule has 31 heavy (non-hydrogen) atoms. The van der Waals surface area contributed by atoms with Gasteiger partial charge in [-0.05, 0) is 30.3 Å². The lowest BCUT2D eigenvalue weighted by molar-refractivity contribution is -0.118. The van der Waals surface area contributed by atoms with E-state index in [1.165, 1.54) is 36.7 Å². The van der Waals surface area contributed by atoms with Crippen molar-refractivity contribution in [2.24, 2.45) is 0 Å². The van der Waals surface area contributed by atoms with Crippen molar-refractivity contribution in [1.82, 2.24) is 4.31 Å². The van der Waals surface area contributed by atoms with Gasteiger partial charge in [0.05, 0.1) is 33.1 Å². The average Bonchev–Trinajstić information content (AvgIpc) is 2.79. The molecule has 1 fully saturated rings. The molecule has 3 rings (SSSR count). The van der Waals surface area contributed by atoms with Crippen molar-refractivity contribution in [2.45, 2.75) is 4.90 Å². The van der Waals surface area contributed by atoms with E-state index in [-0.39, 0.29) is 28.8 Å². The molecule has 1 N–H and O–H groups in total. The number of halogens is 1. The molecule has 0 bridgehead atoms. The first-order valence-electron chi connectivity index (χ1n) is 9.37. The van der Waals surface area contributed by atoms with E-state index in [0.29, 0.717) is 30.4 Å². The zero-order chi connectivity index (χ0) is 22.4. The monoisotopic (exact) mass is 470 g/mol. The summed E-state index contributed by atoms with van der Waals surface area (Å²) in [4.78, 5) is 12.3. The van der Waals surface area contributed by atoms with Crippen LogP contribution in [0.25, 0.3) is 0 Å². The molecule has 0 unspecified atom stereocenters. The summed E-state index contributed by atoms with van der Waals surface area (Å²) in [6.07, 6.45) is 0. The van der Waals surface area contributed by atoms with Crippen molar-refractivity contribution in [3.05, 3.63) is 41.4 Å². The van der Waals surface area contributed by atoms with Crippen molar-refractivity contribution in [1.29, 1.82) is 0 Å². The number of hydrogen-bond acceptors (Lipinski definition) is 7. The number of benzene rings is 2. The normalized spacial score (nSPS) is 14.7. The van der Waals surface area contributed by atoms with Crippen LogP contribution in [0.3, 0.4) is 0 Å². The third-order valence-corrected chi connectivity index (χ3v) is 6.69. The summed E-state index contributed by atoms with van der Waals surface area (Å²) < 4.78 is 48.5. The summed E-state index contributed by atoms with van der Waals surface area (Å²) in [5.41, 5.74) is 0.425. The van der Waals surface area contributed by atoms with E-state index in [1.54, 1.807) is 18.2 Å². The van der Waals surface area contributed by atoms with Gasteiger partial charge in [-0.25, -0.2) is 8.42 Å². The molecule has 0 radical (unpaired) electrons. The molecule has 0 aromatic heterocycles. The average molecular weight is 471 g/mol. The maximum absolute atomic E-state index is 13.0. The van der Waals surface area contributed by atoms with Crippen LogP contribution in [0.4, 0.5) is 5.69 Å². The lowest BCUT2D eigenvalue weighted by Crippen LogP contribution is -2.40. The number of rotatable bonds is 8. The van der Waals surface area contributed by atoms with Gasteiger partial charge in [-0.2, -0.15) is 4.31 Å². The van der Waals surface area contributed by atoms with Gasteiger partial charge >= 0.3 is 0 Å². The molecule has 9 nitrogen and oxygen atoms in total. The Kier molecular flexibility index (Phi) is 7.60. The number of sulfonamides is 1. The Hall–Kier alpha value is -2.53. The van der Waals surface area contributed by atoms with Crippen molar-refractivity contribution < 1.29 is 32.2 Å². The number of amides is 1. The molecule has 0 spiro atoms. The largest absolute Gasteiger partial charge is 0.497 e. The topological polar surface area (TPSA) is 103 Å². The summed E-state index contributed by atoms with van der Waals surface area (Å²) in [7, 11) is -0.869. The van der Waals surface area contributed by atoms with Crippen LogP contribution in [0.2, 0.25) is 5.02 Å². The third-order valence-electron chi connectivity index (χ3n) is 4.54. The first kappa shape index (κ1) is 23.1. The molecule has 168 valence electrons. The van der Waals surface area contributed by atoms with Gasteiger partial charge < -0.3 is 24.3 Å². The highest BCUT2D eigenvalue weighted by atomic mass is 35.5. The van der Waals surface area contributed by atoms with E-state index in [4.69, 9.17) is 30.5 Å². The van der Waals surface area contributed by atoms with Crippen molar-refractivity contribution in [3.63, 3.8) is 0 Å². The molecule has 1 heterocycles. The Morgan fingerprint density at radius 1 is 1.10 bits per heavy atom. The van der Waals surface area contributed by atoms with Crippen LogP contribution in [0.5, 0.6) is 17.2 Å². The molecule has 1 aliphatic heterocycles. The van der Waals surface area contributed by atoms with Gasteiger partial charge in [0.25, 0.3) is 5.91 Å². The number of nitrogens with zero attached hydrogens (tertiary/aromatic N) is 1. The number of anilines is 1. The number of nitrogens with one attached hydrogen (secondary N) is 1. The fourth-order valence-corrected chi connectivity index (χ4v) is 4.76. The quantitative estimate of drug-likeness (QED) is 0.631. The smallest absolute Gasteiger partial charge is 0.262 e. The van der Waals surface area contributed by atoms with E-state index in [9.17, 15) is 13.2 Å². The molecule has 0 saturated carbocycles. The molecule has 0 atom stereocenters. The summed E-state index contributed by atoms with van der Waals surface area (Å²) in [5.74, 6) is 0.529. The number of carbonyl (C=O) groups excluding carboxylic acids is 1. The Morgan fingerprint density at radius 3 is 2.52 bits per heavy atom. The standard InChI is InChI=1S/C20H23ClN2O7S/c1-27-15-4-5-16(18(12-15)28-2)22-20(24)13-30-17-6-3-14(21)11-19(17)31(25,26)23-7-9-29-10-8-23/h3-6,11-12H,7-10,13H2,1-2H3,(H,22,24). The third kappa shape index (κ3) is 5.59. The van der Waals surface area contributed by atoms with E-state index < -0.39 is 22.5 Å². The molecule has 1 saturated heterocycles. The maximum Gasteiger partial charge on any atom is 0.262 e. The minimum Gasteiger partial charge on any atom is -0.497 e. The SMILES string of the molecule is COc1ccc(NC(=O)COc2ccc(Cl)cc2S(=O)(=O)N2CCOCC2)c(OC)c1. The molecule has 1 aliphatic rings. The molecule has 11 heteroatoms. The predicted octanol–water partition coefficient (Wildman–Crippen LogP) is 2.40. The molecular weight excluding hydrogens is 448 g/mol. The Labute approximate surface area is 185 Å². The van der Waals surface area contributed by atoms with Gasteiger partial charge in [0, 0.05) is 24.2 Å². The molecule has 2 aromatic rings. The Morgan fingerprint density at radius 2 is 1.84 bits per heavy atom. The number of ether oxygens (including phenoxy) is 4. The number of hydrogen-bond donors (Lipinski definition) is 1. The van der Waals surface area contributed by atoms with E-state index in [2.05, 4.69) is 5.32 Å². The van der Waals surface area contributed by atoms with Crippen molar-refractivity contribution in [3.8, 4) is 17.2 Å². The molecule has 0 aliphatic carbocycles. The second-order valence-corrected chi connectivity index (χ2v) is 8.85. The highest BCUT2D eigenvalue weighted by Crippen LogP contribution is 2.31. The summed E-state index contributed by atoms with van der Waals surface area (Å²) >= 11 is 6.02. The second-order valence-electron chi connectivity index (χ2n) is 6.51. The second kappa shape index (κ2) is 10.2. The highest BCUT2D eigenvalue weighted by Gasteiger charge is 2.29. The van der Waals surface area contributed by atoms with Crippen molar-refractivity contribution >= 4 is 33.2 Å². The minimum atomic E-state index is -3.86. The first-order valence-corrected chi connectivity index (χ1v) is 11.2.